The van der Waals surface area contributed by atoms with E-state index in [9.17, 15) is 9.90 Å². The van der Waals surface area contributed by atoms with Crippen LogP contribution in [0.4, 0.5) is 0 Å². The highest BCUT2D eigenvalue weighted by Gasteiger charge is 2.39. The molecule has 6 nitrogen and oxygen atoms in total. The van der Waals surface area contributed by atoms with Gasteiger partial charge in [0.15, 0.2) is 17.1 Å². The molecule has 0 bridgehead atoms. The number of amides is 1. The van der Waals surface area contributed by atoms with E-state index >= 15 is 0 Å². The molecule has 4 aromatic carbocycles. The van der Waals surface area contributed by atoms with Crippen molar-refractivity contribution in [2.45, 2.75) is 12.2 Å². The van der Waals surface area contributed by atoms with Crippen LogP contribution in [0.25, 0.3) is 0 Å². The van der Waals surface area contributed by atoms with Crippen molar-refractivity contribution < 1.29 is 19.4 Å². The van der Waals surface area contributed by atoms with Gasteiger partial charge in [-0.3, -0.25) is 4.79 Å². The van der Waals surface area contributed by atoms with Gasteiger partial charge in [-0.05, 0) is 44.8 Å². The van der Waals surface area contributed by atoms with Crippen molar-refractivity contribution in [2.75, 3.05) is 7.11 Å². The van der Waals surface area contributed by atoms with Gasteiger partial charge in [-0.2, -0.15) is 5.10 Å². The number of aliphatic hydroxyl groups is 1. The molecule has 182 valence electrons. The second kappa shape index (κ2) is 11.7. The Hall–Kier alpha value is -3.94. The van der Waals surface area contributed by atoms with E-state index in [0.29, 0.717) is 39.3 Å². The van der Waals surface area contributed by atoms with Gasteiger partial charge in [0.25, 0.3) is 5.91 Å². The zero-order chi connectivity index (χ0) is 25.4. The van der Waals surface area contributed by atoms with Gasteiger partial charge in [-0.1, -0.05) is 91.0 Å². The number of nitrogens with one attached hydrogen (secondary N) is 1. The molecule has 2 N–H and O–H groups in total. The van der Waals surface area contributed by atoms with Gasteiger partial charge in [-0.25, -0.2) is 5.43 Å². The largest absolute Gasteiger partial charge is 0.493 e. The first kappa shape index (κ1) is 25.2. The van der Waals surface area contributed by atoms with E-state index in [1.165, 1.54) is 6.21 Å². The topological polar surface area (TPSA) is 80.2 Å². The Balaban J connectivity index is 1.53. The molecular weight excluding hydrogens is 520 g/mol. The van der Waals surface area contributed by atoms with Crippen LogP contribution in [0.15, 0.2) is 113 Å². The number of hydrogen-bond acceptors (Lipinski definition) is 5. The summed E-state index contributed by atoms with van der Waals surface area (Å²) >= 11 is 3.53. The van der Waals surface area contributed by atoms with Crippen LogP contribution in [-0.2, 0) is 17.0 Å². The molecule has 0 heterocycles. The third-order valence-electron chi connectivity index (χ3n) is 5.60. The molecule has 0 unspecified atom stereocenters. The Bertz CT molecular complexity index is 1290. The molecule has 0 fully saturated rings. The summed E-state index contributed by atoms with van der Waals surface area (Å²) in [5.74, 6) is 0.408. The first-order valence-corrected chi connectivity index (χ1v) is 12.0. The number of ether oxygens (including phenoxy) is 2. The maximum atomic E-state index is 13.2. The molecule has 0 aliphatic carbocycles. The Morgan fingerprint density at radius 1 is 0.917 bits per heavy atom. The maximum absolute atomic E-state index is 13.2. The van der Waals surface area contributed by atoms with Gasteiger partial charge in [0.1, 0.15) is 6.61 Å². The second-order valence-electron chi connectivity index (χ2n) is 7.94. The maximum Gasteiger partial charge on any atom is 0.281 e. The predicted octanol–water partition coefficient (Wildman–Crippen LogP) is 5.42. The molecule has 0 aliphatic heterocycles. The quantitative estimate of drug-likeness (QED) is 0.217. The fraction of sp³-hybridized carbons (Fsp3) is 0.103. The van der Waals surface area contributed by atoms with Gasteiger partial charge in [0, 0.05) is 10.0 Å². The number of halogens is 1. The fourth-order valence-electron chi connectivity index (χ4n) is 3.69. The van der Waals surface area contributed by atoms with Crippen LogP contribution in [-0.4, -0.2) is 24.3 Å². The molecule has 1 amide bonds. The van der Waals surface area contributed by atoms with Gasteiger partial charge in [0.05, 0.1) is 13.3 Å². The van der Waals surface area contributed by atoms with Crippen LogP contribution in [0.3, 0.4) is 0 Å². The number of nitrogens with zero attached hydrogens (tertiary/aromatic N) is 1. The highest BCUT2D eigenvalue weighted by atomic mass is 79.9. The number of rotatable bonds is 9. The summed E-state index contributed by atoms with van der Waals surface area (Å²) in [6.45, 7) is 0.394. The molecule has 4 aromatic rings. The first-order chi connectivity index (χ1) is 17.5. The molecule has 0 aromatic heterocycles. The minimum Gasteiger partial charge on any atom is -0.493 e. The molecule has 0 saturated heterocycles. The predicted molar refractivity (Wildman–Crippen MR) is 143 cm³/mol. The lowest BCUT2D eigenvalue weighted by atomic mass is 9.85. The average Bonchev–Trinajstić information content (AvgIpc) is 2.93. The van der Waals surface area contributed by atoms with Crippen LogP contribution >= 0.6 is 15.9 Å². The lowest BCUT2D eigenvalue weighted by Crippen LogP contribution is -2.43. The third-order valence-corrected chi connectivity index (χ3v) is 6.29. The van der Waals surface area contributed by atoms with E-state index in [1.807, 2.05) is 42.5 Å². The summed E-state index contributed by atoms with van der Waals surface area (Å²) < 4.78 is 12.1. The highest BCUT2D eigenvalue weighted by Crippen LogP contribution is 2.34. The van der Waals surface area contributed by atoms with Crippen molar-refractivity contribution in [1.82, 2.24) is 5.43 Å². The number of carbonyl (C=O) groups excluding carboxylic acids is 1. The molecule has 0 spiro atoms. The normalized spacial score (nSPS) is 11.3. The minimum absolute atomic E-state index is 0.394. The van der Waals surface area contributed by atoms with Gasteiger partial charge in [-0.15, -0.1) is 0 Å². The van der Waals surface area contributed by atoms with Crippen molar-refractivity contribution in [1.29, 1.82) is 0 Å². The summed E-state index contributed by atoms with van der Waals surface area (Å²) in [5, 5.41) is 15.6. The number of benzene rings is 4. The van der Waals surface area contributed by atoms with Crippen molar-refractivity contribution in [2.24, 2.45) is 5.10 Å². The fourth-order valence-corrected chi connectivity index (χ4v) is 4.11. The molecular formula is C29H25BrN2O4. The third kappa shape index (κ3) is 5.64. The smallest absolute Gasteiger partial charge is 0.281 e. The van der Waals surface area contributed by atoms with Gasteiger partial charge in [0.2, 0.25) is 0 Å². The Morgan fingerprint density at radius 2 is 1.47 bits per heavy atom. The summed E-state index contributed by atoms with van der Waals surface area (Å²) in [4.78, 5) is 13.2. The van der Waals surface area contributed by atoms with E-state index in [1.54, 1.807) is 67.8 Å². The van der Waals surface area contributed by atoms with Crippen molar-refractivity contribution in [3.8, 4) is 11.5 Å². The van der Waals surface area contributed by atoms with E-state index in [-0.39, 0.29) is 0 Å². The van der Waals surface area contributed by atoms with Gasteiger partial charge < -0.3 is 14.6 Å². The first-order valence-electron chi connectivity index (χ1n) is 11.2. The number of hydrogen-bond donors (Lipinski definition) is 2. The molecule has 0 aliphatic rings. The zero-order valence-corrected chi connectivity index (χ0v) is 21.2. The molecule has 7 heteroatoms. The van der Waals surface area contributed by atoms with Crippen LogP contribution in [0.2, 0.25) is 0 Å². The number of carbonyl (C=O) groups is 1. The molecule has 0 saturated carbocycles. The van der Waals surface area contributed by atoms with Gasteiger partial charge >= 0.3 is 0 Å². The van der Waals surface area contributed by atoms with Crippen LogP contribution in [0.5, 0.6) is 11.5 Å². The van der Waals surface area contributed by atoms with E-state index in [4.69, 9.17) is 9.47 Å². The Labute approximate surface area is 218 Å². The molecule has 4 rings (SSSR count). The second-order valence-corrected chi connectivity index (χ2v) is 8.79. The van der Waals surface area contributed by atoms with E-state index in [2.05, 4.69) is 26.5 Å². The SMILES string of the molecule is COc1cc(/C=N\NC(=O)C(O)(c2ccccc2)c2ccccc2)c(Br)cc1OCc1ccccc1. The van der Waals surface area contributed by atoms with Crippen molar-refractivity contribution >= 4 is 28.1 Å². The Morgan fingerprint density at radius 3 is 2.03 bits per heavy atom. The number of methoxy groups -OCH3 is 1. The summed E-state index contributed by atoms with van der Waals surface area (Å²) in [6, 6.07) is 30.9. The average molecular weight is 545 g/mol. The molecule has 0 atom stereocenters. The highest BCUT2D eigenvalue weighted by molar-refractivity contribution is 9.10. The summed E-state index contributed by atoms with van der Waals surface area (Å²) in [5.41, 5.74) is 3.13. The van der Waals surface area contributed by atoms with Crippen LogP contribution in [0, 0.1) is 0 Å². The lowest BCUT2D eigenvalue weighted by molar-refractivity contribution is -0.136. The van der Waals surface area contributed by atoms with Crippen LogP contribution in [0.1, 0.15) is 22.3 Å². The van der Waals surface area contributed by atoms with E-state index < -0.39 is 11.5 Å². The monoisotopic (exact) mass is 544 g/mol. The summed E-state index contributed by atoms with van der Waals surface area (Å²) in [6.07, 6.45) is 1.47. The Kier molecular flexibility index (Phi) is 8.15. The van der Waals surface area contributed by atoms with E-state index in [0.717, 1.165) is 5.56 Å². The van der Waals surface area contributed by atoms with Crippen molar-refractivity contribution in [3.05, 3.63) is 130 Å². The standard InChI is InChI=1S/C29H25BrN2O4/c1-35-26-17-22(25(30)18-27(26)36-20-21-11-5-2-6-12-21)19-31-32-28(33)29(34,23-13-7-3-8-14-23)24-15-9-4-10-16-24/h2-19,34H,20H2,1H3,(H,32,33)/b31-19-. The lowest BCUT2D eigenvalue weighted by Gasteiger charge is -2.27. The van der Waals surface area contributed by atoms with Crippen LogP contribution < -0.4 is 14.9 Å². The minimum atomic E-state index is -1.91. The molecule has 36 heavy (non-hydrogen) atoms. The summed E-state index contributed by atoms with van der Waals surface area (Å²) in [7, 11) is 1.56. The number of hydrazone groups is 1. The van der Waals surface area contributed by atoms with Crippen molar-refractivity contribution in [3.63, 3.8) is 0 Å². The zero-order valence-electron chi connectivity index (χ0n) is 19.6. The molecule has 0 radical (unpaired) electrons.